The first-order valence-corrected chi connectivity index (χ1v) is 9.17. The van der Waals surface area contributed by atoms with Crippen molar-refractivity contribution in [3.05, 3.63) is 11.0 Å². The second kappa shape index (κ2) is 9.53. The molecule has 13 heteroatoms. The van der Waals surface area contributed by atoms with Gasteiger partial charge in [-0.2, -0.15) is 0 Å². The van der Waals surface area contributed by atoms with E-state index in [0.29, 0.717) is 17.1 Å². The summed E-state index contributed by atoms with van der Waals surface area (Å²) in [5.41, 5.74) is 11.2. The van der Waals surface area contributed by atoms with Crippen molar-refractivity contribution in [2.75, 3.05) is 25.0 Å². The monoisotopic (exact) mass is 432 g/mol. The molecule has 9 N–H and O–H groups in total. The molecule has 1 aliphatic heterocycles. The van der Waals surface area contributed by atoms with E-state index in [4.69, 9.17) is 28.4 Å². The molecule has 2 aromatic heterocycles. The maximum absolute atomic E-state index is 10.3. The Balaban J connectivity index is 1.75. The van der Waals surface area contributed by atoms with Gasteiger partial charge in [0.25, 0.3) is 0 Å². The Kier molecular flexibility index (Phi) is 6.83. The standard InChI is InChI=1S/C17H20N8O4S/c18-16(19)20-5-3-1-2-4-6-21-17-23-13-10(14(30)24-17)22-8-25(13)15-12(28)11(27)9(7-26)29-15/h8-9,11-12,15,26-28H,5-7H2,(H4,18,19,20)(H2,21,23,24,30)/t9-,11+,12?,15-/m1/s1. The molecule has 0 bridgehead atoms. The fraction of sp³-hybridized carbons (Fsp3) is 0.412. The van der Waals surface area contributed by atoms with Crippen LogP contribution in [0.5, 0.6) is 0 Å². The third kappa shape index (κ3) is 4.68. The van der Waals surface area contributed by atoms with Crippen LogP contribution in [0.25, 0.3) is 11.2 Å². The lowest BCUT2D eigenvalue weighted by atomic mass is 10.1. The topological polar surface area (TPSA) is 193 Å². The number of imidazole rings is 1. The molecule has 1 aliphatic rings. The number of aromatic amines is 1. The van der Waals surface area contributed by atoms with Crippen LogP contribution < -0.4 is 16.8 Å². The predicted octanol–water partition coefficient (Wildman–Crippen LogP) is -2.21. The van der Waals surface area contributed by atoms with Gasteiger partial charge in [0, 0.05) is 0 Å². The van der Waals surface area contributed by atoms with E-state index in [1.807, 2.05) is 0 Å². The summed E-state index contributed by atoms with van der Waals surface area (Å²) in [7, 11) is 0. The summed E-state index contributed by atoms with van der Waals surface area (Å²) in [6.07, 6.45) is -2.94. The van der Waals surface area contributed by atoms with Crippen molar-refractivity contribution in [3.63, 3.8) is 0 Å². The van der Waals surface area contributed by atoms with Gasteiger partial charge in [-0.25, -0.2) is 15.0 Å². The number of hydrogen-bond donors (Lipinski definition) is 7. The molecule has 3 rings (SSSR count). The number of aliphatic hydroxyl groups excluding tert-OH is 3. The van der Waals surface area contributed by atoms with E-state index in [0.717, 1.165) is 0 Å². The second-order valence-corrected chi connectivity index (χ2v) is 6.55. The Hall–Kier alpha value is -3.20. The number of anilines is 1. The molecular weight excluding hydrogens is 412 g/mol. The number of H-pyrrole nitrogens is 1. The third-order valence-electron chi connectivity index (χ3n) is 4.16. The first-order valence-electron chi connectivity index (χ1n) is 8.76. The van der Waals surface area contributed by atoms with Gasteiger partial charge in [0.1, 0.15) is 36.0 Å². The highest BCUT2D eigenvalue weighted by Gasteiger charge is 2.43. The van der Waals surface area contributed by atoms with Crippen molar-refractivity contribution in [1.82, 2.24) is 19.5 Å². The molecule has 0 amide bonds. The lowest BCUT2D eigenvalue weighted by molar-refractivity contribution is -0.0511. The highest BCUT2D eigenvalue weighted by Crippen LogP contribution is 2.31. The van der Waals surface area contributed by atoms with E-state index in [1.54, 1.807) is 0 Å². The molecular formula is C17H20N8O4S. The minimum absolute atomic E-state index is 0.0354. The third-order valence-corrected chi connectivity index (χ3v) is 4.45. The van der Waals surface area contributed by atoms with E-state index in [9.17, 15) is 15.3 Å². The van der Waals surface area contributed by atoms with Crippen LogP contribution in [0.15, 0.2) is 11.3 Å². The number of nitrogens with two attached hydrogens (primary N) is 2. The molecule has 158 valence electrons. The number of fused-ring (bicyclic) bond motifs is 1. The van der Waals surface area contributed by atoms with Gasteiger partial charge < -0.3 is 41.8 Å². The van der Waals surface area contributed by atoms with Crippen molar-refractivity contribution in [3.8, 4) is 23.7 Å². The van der Waals surface area contributed by atoms with Crippen LogP contribution >= 0.6 is 12.2 Å². The van der Waals surface area contributed by atoms with Crippen LogP contribution in [0, 0.1) is 28.3 Å². The average molecular weight is 432 g/mol. The molecule has 3 heterocycles. The zero-order chi connectivity index (χ0) is 21.7. The van der Waals surface area contributed by atoms with Gasteiger partial charge >= 0.3 is 0 Å². The summed E-state index contributed by atoms with van der Waals surface area (Å²) in [6, 6.07) is 0. The molecule has 0 aliphatic carbocycles. The summed E-state index contributed by atoms with van der Waals surface area (Å²) in [6.45, 7) is -0.0390. The Morgan fingerprint density at radius 2 is 2.10 bits per heavy atom. The van der Waals surface area contributed by atoms with Crippen LogP contribution in [-0.2, 0) is 4.74 Å². The highest BCUT2D eigenvalue weighted by molar-refractivity contribution is 7.71. The summed E-state index contributed by atoms with van der Waals surface area (Å²) in [4.78, 5) is 15.1. The van der Waals surface area contributed by atoms with E-state index in [2.05, 4.69) is 48.9 Å². The maximum Gasteiger partial charge on any atom is 0.203 e. The molecule has 2 aromatic rings. The number of aliphatic imine (C=N–C) groups is 1. The fourth-order valence-corrected chi connectivity index (χ4v) is 2.99. The predicted molar refractivity (Wildman–Crippen MR) is 110 cm³/mol. The van der Waals surface area contributed by atoms with Gasteiger partial charge in [-0.15, -0.1) is 0 Å². The number of rotatable bonds is 5. The van der Waals surface area contributed by atoms with Gasteiger partial charge in [0.15, 0.2) is 16.8 Å². The van der Waals surface area contributed by atoms with E-state index in [1.165, 1.54) is 10.9 Å². The van der Waals surface area contributed by atoms with Gasteiger partial charge in [-0.3, -0.25) is 4.57 Å². The first-order chi connectivity index (χ1) is 14.4. The number of nitrogens with zero attached hydrogens (tertiary/aromatic N) is 4. The summed E-state index contributed by atoms with van der Waals surface area (Å²) >= 11 is 5.27. The summed E-state index contributed by atoms with van der Waals surface area (Å²) in [5, 5.41) is 32.5. The average Bonchev–Trinajstić information content (AvgIpc) is 3.25. The fourth-order valence-electron chi connectivity index (χ4n) is 2.75. The lowest BCUT2D eigenvalue weighted by Gasteiger charge is -2.17. The highest BCUT2D eigenvalue weighted by atomic mass is 32.1. The zero-order valence-corrected chi connectivity index (χ0v) is 16.4. The van der Waals surface area contributed by atoms with E-state index < -0.39 is 31.1 Å². The molecule has 1 unspecified atom stereocenters. The maximum atomic E-state index is 10.3. The normalized spacial score (nSPS) is 22.6. The molecule has 0 radical (unpaired) electrons. The number of guanidine groups is 1. The van der Waals surface area contributed by atoms with E-state index >= 15 is 0 Å². The molecule has 12 nitrogen and oxygen atoms in total. The van der Waals surface area contributed by atoms with E-state index in [-0.39, 0.29) is 23.7 Å². The molecule has 0 aromatic carbocycles. The number of aromatic nitrogens is 4. The van der Waals surface area contributed by atoms with Crippen LogP contribution in [0.4, 0.5) is 5.95 Å². The lowest BCUT2D eigenvalue weighted by Crippen LogP contribution is -2.33. The smallest absolute Gasteiger partial charge is 0.203 e. The minimum Gasteiger partial charge on any atom is -0.394 e. The van der Waals surface area contributed by atoms with Gasteiger partial charge in [-0.05, 0) is 11.8 Å². The van der Waals surface area contributed by atoms with Crippen molar-refractivity contribution < 1.29 is 20.1 Å². The summed E-state index contributed by atoms with van der Waals surface area (Å²) < 4.78 is 7.26. The molecule has 30 heavy (non-hydrogen) atoms. The van der Waals surface area contributed by atoms with Crippen LogP contribution in [0.3, 0.4) is 0 Å². The quantitative estimate of drug-likeness (QED) is 0.118. The summed E-state index contributed by atoms with van der Waals surface area (Å²) in [5.74, 6) is 11.0. The van der Waals surface area contributed by atoms with Crippen molar-refractivity contribution >= 4 is 35.3 Å². The van der Waals surface area contributed by atoms with Gasteiger partial charge in [0.05, 0.1) is 19.5 Å². The van der Waals surface area contributed by atoms with Crippen LogP contribution in [0.1, 0.15) is 6.23 Å². The Bertz CT molecular complexity index is 1120. The zero-order valence-electron chi connectivity index (χ0n) is 15.6. The number of ether oxygens (including phenoxy) is 1. The molecule has 0 saturated carbocycles. The van der Waals surface area contributed by atoms with Crippen molar-refractivity contribution in [2.24, 2.45) is 16.5 Å². The number of aliphatic hydroxyl groups is 3. The van der Waals surface area contributed by atoms with Gasteiger partial charge in [0.2, 0.25) is 5.95 Å². The second-order valence-electron chi connectivity index (χ2n) is 6.17. The van der Waals surface area contributed by atoms with Gasteiger partial charge in [-0.1, -0.05) is 24.1 Å². The Morgan fingerprint density at radius 1 is 1.33 bits per heavy atom. The molecule has 1 saturated heterocycles. The van der Waals surface area contributed by atoms with Crippen molar-refractivity contribution in [1.29, 1.82) is 0 Å². The van der Waals surface area contributed by atoms with Crippen LogP contribution in [-0.4, -0.2) is 78.8 Å². The Morgan fingerprint density at radius 3 is 2.80 bits per heavy atom. The molecule has 1 fully saturated rings. The number of hydrogen-bond acceptors (Lipinski definition) is 9. The van der Waals surface area contributed by atoms with Crippen molar-refractivity contribution in [2.45, 2.75) is 24.5 Å². The largest absolute Gasteiger partial charge is 0.394 e. The Labute approximate surface area is 176 Å². The number of nitrogens with one attached hydrogen (secondary N) is 2. The SMILES string of the molecule is NC(N)=NCC#CC#CCNc1nc(=S)c2ncn([C@@H]3O[C@H](CO)[C@H](O)C3O)c2[nH]1. The first kappa shape index (κ1) is 21.5. The minimum atomic E-state index is -1.26. The molecule has 4 atom stereocenters. The van der Waals surface area contributed by atoms with Crippen LogP contribution in [0.2, 0.25) is 0 Å². The molecule has 0 spiro atoms.